The van der Waals surface area contributed by atoms with E-state index in [0.29, 0.717) is 17.0 Å². The summed E-state index contributed by atoms with van der Waals surface area (Å²) >= 11 is 1.37. The molecule has 0 spiro atoms. The Labute approximate surface area is 123 Å². The second-order valence-corrected chi connectivity index (χ2v) is 6.67. The van der Waals surface area contributed by atoms with E-state index in [1.165, 1.54) is 37.0 Å². The van der Waals surface area contributed by atoms with Gasteiger partial charge in [-0.05, 0) is 38.5 Å². The SMILES string of the molecule is CCNc1nnc(C(=O)N2CCCC2C2CCCC2)s1. The van der Waals surface area contributed by atoms with E-state index in [2.05, 4.69) is 20.4 Å². The maximum Gasteiger partial charge on any atom is 0.285 e. The number of amides is 1. The van der Waals surface area contributed by atoms with Crippen molar-refractivity contribution in [1.29, 1.82) is 0 Å². The highest BCUT2D eigenvalue weighted by molar-refractivity contribution is 7.17. The van der Waals surface area contributed by atoms with Crippen LogP contribution in [0.3, 0.4) is 0 Å². The lowest BCUT2D eigenvalue weighted by atomic mass is 9.96. The van der Waals surface area contributed by atoms with Gasteiger partial charge < -0.3 is 10.2 Å². The maximum absolute atomic E-state index is 12.6. The molecule has 1 amide bonds. The van der Waals surface area contributed by atoms with Crippen molar-refractivity contribution >= 4 is 22.4 Å². The smallest absolute Gasteiger partial charge is 0.285 e. The van der Waals surface area contributed by atoms with Crippen molar-refractivity contribution in [2.45, 2.75) is 51.5 Å². The van der Waals surface area contributed by atoms with Gasteiger partial charge in [-0.2, -0.15) is 0 Å². The summed E-state index contributed by atoms with van der Waals surface area (Å²) in [6.07, 6.45) is 7.51. The zero-order valence-corrected chi connectivity index (χ0v) is 12.8. The Balaban J connectivity index is 1.71. The summed E-state index contributed by atoms with van der Waals surface area (Å²) in [6, 6.07) is 0.441. The van der Waals surface area contributed by atoms with Crippen LogP contribution in [0.25, 0.3) is 0 Å². The Kier molecular flexibility index (Phi) is 4.19. The zero-order chi connectivity index (χ0) is 13.9. The molecule has 1 saturated carbocycles. The Morgan fingerprint density at radius 1 is 1.30 bits per heavy atom. The van der Waals surface area contributed by atoms with Gasteiger partial charge in [-0.15, -0.1) is 10.2 Å². The normalized spacial score (nSPS) is 23.4. The first-order valence-corrected chi connectivity index (χ1v) is 8.49. The first-order chi connectivity index (χ1) is 9.79. The van der Waals surface area contributed by atoms with Gasteiger partial charge >= 0.3 is 0 Å². The minimum atomic E-state index is 0.0843. The van der Waals surface area contributed by atoms with Crippen LogP contribution in [-0.4, -0.2) is 40.1 Å². The van der Waals surface area contributed by atoms with E-state index in [1.807, 2.05) is 6.92 Å². The number of nitrogens with zero attached hydrogens (tertiary/aromatic N) is 3. The van der Waals surface area contributed by atoms with Crippen LogP contribution >= 0.6 is 11.3 Å². The number of rotatable bonds is 4. The topological polar surface area (TPSA) is 58.1 Å². The fraction of sp³-hybridized carbons (Fsp3) is 0.786. The van der Waals surface area contributed by atoms with E-state index < -0.39 is 0 Å². The molecule has 2 fully saturated rings. The Morgan fingerprint density at radius 2 is 2.10 bits per heavy atom. The number of carbonyl (C=O) groups excluding carboxylic acids is 1. The van der Waals surface area contributed by atoms with Crippen molar-refractivity contribution in [3.63, 3.8) is 0 Å². The predicted molar refractivity (Wildman–Crippen MR) is 80.1 cm³/mol. The standard InChI is InChI=1S/C14H22N4OS/c1-2-15-14-17-16-12(20-14)13(19)18-9-5-8-11(18)10-6-3-4-7-10/h10-11H,2-9H2,1H3,(H,15,17). The largest absolute Gasteiger partial charge is 0.360 e. The number of anilines is 1. The average Bonchev–Trinajstić information content (AvgIpc) is 3.19. The quantitative estimate of drug-likeness (QED) is 0.927. The molecule has 6 heteroatoms. The molecule has 1 saturated heterocycles. The summed E-state index contributed by atoms with van der Waals surface area (Å²) in [5.41, 5.74) is 0. The lowest BCUT2D eigenvalue weighted by Gasteiger charge is -2.28. The maximum atomic E-state index is 12.6. The molecule has 3 rings (SSSR count). The van der Waals surface area contributed by atoms with E-state index in [-0.39, 0.29) is 5.91 Å². The van der Waals surface area contributed by atoms with E-state index in [4.69, 9.17) is 0 Å². The summed E-state index contributed by atoms with van der Waals surface area (Å²) in [6.45, 7) is 3.70. The second-order valence-electron chi connectivity index (χ2n) is 5.70. The fourth-order valence-corrected chi connectivity index (χ4v) is 4.30. The van der Waals surface area contributed by atoms with Gasteiger partial charge in [0.1, 0.15) is 0 Å². The molecule has 1 aliphatic carbocycles. The third-order valence-electron chi connectivity index (χ3n) is 4.44. The number of likely N-dealkylation sites (tertiary alicyclic amines) is 1. The minimum Gasteiger partial charge on any atom is -0.360 e. The van der Waals surface area contributed by atoms with Crippen molar-refractivity contribution in [1.82, 2.24) is 15.1 Å². The Bertz CT molecular complexity index is 469. The van der Waals surface area contributed by atoms with Crippen LogP contribution in [0.15, 0.2) is 0 Å². The first-order valence-electron chi connectivity index (χ1n) is 7.68. The van der Waals surface area contributed by atoms with Gasteiger partial charge in [-0.25, -0.2) is 0 Å². The van der Waals surface area contributed by atoms with Crippen LogP contribution in [0.4, 0.5) is 5.13 Å². The van der Waals surface area contributed by atoms with Crippen molar-refractivity contribution in [3.05, 3.63) is 5.01 Å². The van der Waals surface area contributed by atoms with E-state index >= 15 is 0 Å². The molecular weight excluding hydrogens is 272 g/mol. The van der Waals surface area contributed by atoms with Gasteiger partial charge in [0.15, 0.2) is 0 Å². The van der Waals surface area contributed by atoms with E-state index in [0.717, 1.165) is 31.1 Å². The van der Waals surface area contributed by atoms with E-state index in [1.54, 1.807) is 0 Å². The lowest BCUT2D eigenvalue weighted by Crippen LogP contribution is -2.39. The highest BCUT2D eigenvalue weighted by atomic mass is 32.1. The van der Waals surface area contributed by atoms with Crippen molar-refractivity contribution in [2.75, 3.05) is 18.4 Å². The lowest BCUT2D eigenvalue weighted by molar-refractivity contribution is 0.0688. The van der Waals surface area contributed by atoms with Crippen molar-refractivity contribution < 1.29 is 4.79 Å². The van der Waals surface area contributed by atoms with E-state index in [9.17, 15) is 4.79 Å². The molecule has 1 aromatic heterocycles. The number of hydrogen-bond donors (Lipinski definition) is 1. The monoisotopic (exact) mass is 294 g/mol. The van der Waals surface area contributed by atoms with Gasteiger partial charge in [-0.3, -0.25) is 4.79 Å². The third-order valence-corrected chi connectivity index (χ3v) is 5.31. The zero-order valence-electron chi connectivity index (χ0n) is 12.0. The van der Waals surface area contributed by atoms with Gasteiger partial charge in [0.25, 0.3) is 5.91 Å². The molecule has 1 atom stereocenters. The van der Waals surface area contributed by atoms with Crippen LogP contribution in [0.2, 0.25) is 0 Å². The minimum absolute atomic E-state index is 0.0843. The average molecular weight is 294 g/mol. The molecule has 2 aliphatic rings. The highest BCUT2D eigenvalue weighted by Crippen LogP contribution is 2.36. The summed E-state index contributed by atoms with van der Waals surface area (Å²) in [5, 5.41) is 12.5. The molecule has 110 valence electrons. The molecule has 5 nitrogen and oxygen atoms in total. The summed E-state index contributed by atoms with van der Waals surface area (Å²) in [5.74, 6) is 0.795. The van der Waals surface area contributed by atoms with Crippen LogP contribution in [0.5, 0.6) is 0 Å². The third kappa shape index (κ3) is 2.66. The van der Waals surface area contributed by atoms with Gasteiger partial charge in [-0.1, -0.05) is 24.2 Å². The van der Waals surface area contributed by atoms with Crippen LogP contribution < -0.4 is 5.32 Å². The van der Waals surface area contributed by atoms with Crippen molar-refractivity contribution in [2.24, 2.45) is 5.92 Å². The number of nitrogens with one attached hydrogen (secondary N) is 1. The van der Waals surface area contributed by atoms with Crippen molar-refractivity contribution in [3.8, 4) is 0 Å². The van der Waals surface area contributed by atoms with Crippen LogP contribution in [0.1, 0.15) is 55.3 Å². The van der Waals surface area contributed by atoms with Gasteiger partial charge in [0.05, 0.1) is 0 Å². The van der Waals surface area contributed by atoms with Gasteiger partial charge in [0.2, 0.25) is 10.1 Å². The van der Waals surface area contributed by atoms with Crippen LogP contribution in [-0.2, 0) is 0 Å². The van der Waals surface area contributed by atoms with Crippen LogP contribution in [0, 0.1) is 5.92 Å². The molecule has 20 heavy (non-hydrogen) atoms. The second kappa shape index (κ2) is 6.08. The summed E-state index contributed by atoms with van der Waals surface area (Å²) in [7, 11) is 0. The highest BCUT2D eigenvalue weighted by Gasteiger charge is 2.37. The summed E-state index contributed by atoms with van der Waals surface area (Å²) < 4.78 is 0. The number of aromatic nitrogens is 2. The first kappa shape index (κ1) is 13.8. The molecule has 1 aliphatic heterocycles. The predicted octanol–water partition coefficient (Wildman–Crippen LogP) is 2.76. The molecule has 1 unspecified atom stereocenters. The Morgan fingerprint density at radius 3 is 2.85 bits per heavy atom. The summed E-state index contributed by atoms with van der Waals surface area (Å²) in [4.78, 5) is 14.7. The molecule has 1 aromatic rings. The molecular formula is C14H22N4OS. The number of carbonyl (C=O) groups is 1. The molecule has 0 radical (unpaired) electrons. The fourth-order valence-electron chi connectivity index (χ4n) is 3.53. The Hall–Kier alpha value is -1.17. The molecule has 2 heterocycles. The molecule has 1 N–H and O–H groups in total. The number of hydrogen-bond acceptors (Lipinski definition) is 5. The molecule has 0 aromatic carbocycles. The van der Waals surface area contributed by atoms with Gasteiger partial charge in [0, 0.05) is 19.1 Å². The molecule has 0 bridgehead atoms.